The van der Waals surface area contributed by atoms with E-state index >= 15 is 0 Å². The van der Waals surface area contributed by atoms with E-state index in [9.17, 15) is 19.7 Å². The summed E-state index contributed by atoms with van der Waals surface area (Å²) in [5, 5.41) is 11.9. The zero-order chi connectivity index (χ0) is 16.8. The Morgan fingerprint density at radius 1 is 1.17 bits per heavy atom. The topological polar surface area (TPSA) is 89.8 Å². The first kappa shape index (κ1) is 14.8. The van der Waals surface area contributed by atoms with Gasteiger partial charge < -0.3 is 4.74 Å². The Morgan fingerprint density at radius 3 is 2.58 bits per heavy atom. The second kappa shape index (κ2) is 5.38. The van der Waals surface area contributed by atoms with Gasteiger partial charge in [0.15, 0.2) is 0 Å². The second-order valence-corrected chi connectivity index (χ2v) is 5.97. The first-order valence-corrected chi connectivity index (χ1v) is 7.76. The first-order chi connectivity index (χ1) is 11.6. The van der Waals surface area contributed by atoms with Crippen molar-refractivity contribution in [2.45, 2.75) is 18.9 Å². The van der Waals surface area contributed by atoms with Crippen LogP contribution in [0.4, 0.5) is 5.69 Å². The Morgan fingerprint density at radius 2 is 1.92 bits per heavy atom. The summed E-state index contributed by atoms with van der Waals surface area (Å²) in [7, 11) is 0. The predicted octanol–water partition coefficient (Wildman–Crippen LogP) is 2.52. The summed E-state index contributed by atoms with van der Waals surface area (Å²) < 4.78 is 5.53. The van der Waals surface area contributed by atoms with E-state index in [4.69, 9.17) is 4.74 Å². The van der Waals surface area contributed by atoms with Crippen LogP contribution in [0.1, 0.15) is 33.6 Å². The van der Waals surface area contributed by atoms with E-state index in [1.807, 2.05) is 0 Å². The maximum atomic E-state index is 12.8. The minimum absolute atomic E-state index is 0.108. The molecule has 2 aromatic rings. The number of nitrogens with zero attached hydrogens (tertiary/aromatic N) is 2. The standard InChI is InChI=1S/C17H14N2O5/c20-16-12-5-1-4-11-14(19(22)23)7-6-13(15(11)12)17(21)18(16)9-10-3-2-8-24-10/h1,4-7,10H,2-3,8-9H2/t10-/m0/s1. The fraction of sp³-hybridized carbons (Fsp3) is 0.294. The number of nitro groups is 1. The number of nitro benzene ring substituents is 1. The summed E-state index contributed by atoms with van der Waals surface area (Å²) in [6, 6.07) is 7.52. The average molecular weight is 326 g/mol. The van der Waals surface area contributed by atoms with E-state index in [2.05, 4.69) is 0 Å². The number of amides is 2. The summed E-state index contributed by atoms with van der Waals surface area (Å²) in [5.74, 6) is -0.844. The normalized spacial score (nSPS) is 20.0. The second-order valence-electron chi connectivity index (χ2n) is 5.97. The van der Waals surface area contributed by atoms with Crippen molar-refractivity contribution >= 4 is 28.3 Å². The smallest absolute Gasteiger partial charge is 0.277 e. The molecule has 7 nitrogen and oxygen atoms in total. The van der Waals surface area contributed by atoms with E-state index in [0.717, 1.165) is 12.8 Å². The van der Waals surface area contributed by atoms with Gasteiger partial charge in [0, 0.05) is 29.2 Å². The number of carbonyl (C=O) groups is 2. The van der Waals surface area contributed by atoms with E-state index in [1.165, 1.54) is 17.0 Å². The lowest BCUT2D eigenvalue weighted by molar-refractivity contribution is -0.383. The molecule has 4 rings (SSSR count). The molecule has 0 radical (unpaired) electrons. The van der Waals surface area contributed by atoms with Crippen LogP contribution in [0, 0.1) is 10.1 Å². The lowest BCUT2D eigenvalue weighted by Gasteiger charge is -2.28. The van der Waals surface area contributed by atoms with Crippen LogP contribution in [0.15, 0.2) is 30.3 Å². The van der Waals surface area contributed by atoms with Crippen LogP contribution in [0.3, 0.4) is 0 Å². The highest BCUT2D eigenvalue weighted by atomic mass is 16.6. The molecule has 0 saturated carbocycles. The van der Waals surface area contributed by atoms with Gasteiger partial charge in [0.05, 0.1) is 23.0 Å². The maximum Gasteiger partial charge on any atom is 0.277 e. The van der Waals surface area contributed by atoms with Crippen molar-refractivity contribution in [1.29, 1.82) is 0 Å². The van der Waals surface area contributed by atoms with Crippen LogP contribution >= 0.6 is 0 Å². The summed E-state index contributed by atoms with van der Waals surface area (Å²) in [6.07, 6.45) is 1.59. The molecule has 0 aromatic heterocycles. The number of ether oxygens (including phenoxy) is 1. The number of benzene rings is 2. The van der Waals surface area contributed by atoms with E-state index in [-0.39, 0.29) is 18.3 Å². The first-order valence-electron chi connectivity index (χ1n) is 7.76. The highest BCUT2D eigenvalue weighted by molar-refractivity contribution is 6.26. The molecule has 0 N–H and O–H groups in total. The van der Waals surface area contributed by atoms with Crippen LogP contribution in [0.5, 0.6) is 0 Å². The van der Waals surface area contributed by atoms with Crippen LogP contribution < -0.4 is 0 Å². The van der Waals surface area contributed by atoms with Crippen molar-refractivity contribution in [3.05, 3.63) is 51.6 Å². The lowest BCUT2D eigenvalue weighted by atomic mass is 9.93. The lowest BCUT2D eigenvalue weighted by Crippen LogP contribution is -2.44. The fourth-order valence-electron chi connectivity index (χ4n) is 3.45. The highest BCUT2D eigenvalue weighted by Crippen LogP contribution is 2.35. The molecule has 2 aliphatic rings. The zero-order valence-electron chi connectivity index (χ0n) is 12.7. The third-order valence-electron chi connectivity index (χ3n) is 4.58. The van der Waals surface area contributed by atoms with Crippen LogP contribution in [0.2, 0.25) is 0 Å². The van der Waals surface area contributed by atoms with Gasteiger partial charge in [0.2, 0.25) is 0 Å². The maximum absolute atomic E-state index is 12.8. The van der Waals surface area contributed by atoms with Crippen LogP contribution in [-0.4, -0.2) is 40.9 Å². The number of rotatable bonds is 3. The Bertz CT molecular complexity index is 864. The fourth-order valence-corrected chi connectivity index (χ4v) is 3.45. The Kier molecular flexibility index (Phi) is 3.31. The minimum Gasteiger partial charge on any atom is -0.376 e. The summed E-state index contributed by atoms with van der Waals surface area (Å²) in [6.45, 7) is 0.851. The molecule has 7 heteroatoms. The van der Waals surface area contributed by atoms with Gasteiger partial charge in [-0.25, -0.2) is 0 Å². The Balaban J connectivity index is 1.85. The van der Waals surface area contributed by atoms with Crippen LogP contribution in [-0.2, 0) is 4.74 Å². The average Bonchev–Trinajstić information content (AvgIpc) is 3.09. The van der Waals surface area contributed by atoms with Crippen molar-refractivity contribution in [2.24, 2.45) is 0 Å². The Hall–Kier alpha value is -2.80. The number of non-ortho nitro benzene ring substituents is 1. The van der Waals surface area contributed by atoms with Crippen molar-refractivity contribution in [2.75, 3.05) is 13.2 Å². The largest absolute Gasteiger partial charge is 0.376 e. The minimum atomic E-state index is -0.503. The molecule has 2 heterocycles. The number of hydrogen-bond acceptors (Lipinski definition) is 5. The molecule has 2 aliphatic heterocycles. The molecule has 1 fully saturated rings. The van der Waals surface area contributed by atoms with E-state index in [0.29, 0.717) is 28.5 Å². The molecule has 122 valence electrons. The third kappa shape index (κ3) is 2.09. The molecular weight excluding hydrogens is 312 g/mol. The number of hydrogen-bond donors (Lipinski definition) is 0. The molecule has 24 heavy (non-hydrogen) atoms. The molecule has 0 spiro atoms. The van der Waals surface area contributed by atoms with Crippen molar-refractivity contribution in [3.63, 3.8) is 0 Å². The van der Waals surface area contributed by atoms with Gasteiger partial charge in [0.1, 0.15) is 0 Å². The number of carbonyl (C=O) groups excluding carboxylic acids is 2. The molecule has 2 amide bonds. The quantitative estimate of drug-likeness (QED) is 0.491. The van der Waals surface area contributed by atoms with Gasteiger partial charge in [-0.05, 0) is 31.0 Å². The van der Waals surface area contributed by atoms with Gasteiger partial charge in [-0.2, -0.15) is 0 Å². The summed E-state index contributed by atoms with van der Waals surface area (Å²) in [4.78, 5) is 37.4. The summed E-state index contributed by atoms with van der Waals surface area (Å²) in [5.41, 5.74) is 0.538. The Labute approximate surface area is 137 Å². The molecule has 0 aliphatic carbocycles. The predicted molar refractivity (Wildman–Crippen MR) is 84.9 cm³/mol. The van der Waals surface area contributed by atoms with E-state index in [1.54, 1.807) is 18.2 Å². The van der Waals surface area contributed by atoms with Crippen molar-refractivity contribution in [1.82, 2.24) is 4.90 Å². The zero-order valence-corrected chi connectivity index (χ0v) is 12.7. The van der Waals surface area contributed by atoms with Gasteiger partial charge in [-0.15, -0.1) is 0 Å². The highest BCUT2D eigenvalue weighted by Gasteiger charge is 2.36. The van der Waals surface area contributed by atoms with Crippen molar-refractivity contribution < 1.29 is 19.2 Å². The third-order valence-corrected chi connectivity index (χ3v) is 4.58. The van der Waals surface area contributed by atoms with Gasteiger partial charge >= 0.3 is 0 Å². The monoisotopic (exact) mass is 326 g/mol. The van der Waals surface area contributed by atoms with Gasteiger partial charge in [-0.1, -0.05) is 6.07 Å². The molecule has 1 saturated heterocycles. The molecule has 0 bridgehead atoms. The molecule has 2 aromatic carbocycles. The van der Waals surface area contributed by atoms with Gasteiger partial charge in [0.25, 0.3) is 17.5 Å². The van der Waals surface area contributed by atoms with Crippen molar-refractivity contribution in [3.8, 4) is 0 Å². The number of imide groups is 1. The molecule has 1 atom stereocenters. The van der Waals surface area contributed by atoms with Crippen LogP contribution in [0.25, 0.3) is 10.8 Å². The molecule has 0 unspecified atom stereocenters. The SMILES string of the molecule is O=C1c2cccc3c([N+](=O)[O-])ccc(c23)C(=O)N1C[C@@H]1CCCO1. The van der Waals surface area contributed by atoms with Gasteiger partial charge in [-0.3, -0.25) is 24.6 Å². The van der Waals surface area contributed by atoms with E-state index < -0.39 is 16.7 Å². The summed E-state index contributed by atoms with van der Waals surface area (Å²) >= 11 is 0. The molecular formula is C17H14N2O5.